The Morgan fingerprint density at radius 1 is 0.960 bits per heavy atom. The monoisotopic (exact) mass is 330 g/mol. The molecule has 0 aliphatic carbocycles. The van der Waals surface area contributed by atoms with Gasteiger partial charge in [-0.05, 0) is 59.8 Å². The van der Waals surface area contributed by atoms with Crippen LogP contribution in [0.1, 0.15) is 15.9 Å². The van der Waals surface area contributed by atoms with Crippen molar-refractivity contribution >= 4 is 18.3 Å². The second kappa shape index (κ2) is 7.45. The average molecular weight is 330 g/mol. The number of amides is 1. The van der Waals surface area contributed by atoms with Crippen molar-refractivity contribution in [2.45, 2.75) is 6.54 Å². The number of carbonyl (C=O) groups is 1. The summed E-state index contributed by atoms with van der Waals surface area (Å²) in [5, 5.41) is 12.2. The van der Waals surface area contributed by atoms with E-state index in [1.54, 1.807) is 24.3 Å². The molecule has 0 saturated heterocycles. The molecule has 25 heavy (non-hydrogen) atoms. The van der Waals surface area contributed by atoms with Gasteiger partial charge in [0.15, 0.2) is 0 Å². The number of aromatic hydroxyl groups is 1. The van der Waals surface area contributed by atoms with Crippen molar-refractivity contribution in [2.75, 3.05) is 0 Å². The van der Waals surface area contributed by atoms with Gasteiger partial charge >= 0.3 is 0 Å². The van der Waals surface area contributed by atoms with E-state index in [1.807, 2.05) is 48.5 Å². The Bertz CT molecular complexity index is 885. The lowest BCUT2D eigenvalue weighted by atomic mass is 10.0. The zero-order chi connectivity index (χ0) is 17.6. The fourth-order valence-corrected chi connectivity index (χ4v) is 2.52. The highest BCUT2D eigenvalue weighted by Crippen LogP contribution is 2.22. The highest BCUT2D eigenvalue weighted by molar-refractivity contribution is 5.94. The fourth-order valence-electron chi connectivity index (χ4n) is 2.52. The van der Waals surface area contributed by atoms with Crippen LogP contribution in [0.5, 0.6) is 5.75 Å². The lowest BCUT2D eigenvalue weighted by Crippen LogP contribution is -2.22. The number of rotatable bonds is 5. The molecule has 0 saturated carbocycles. The molecule has 3 aromatic carbocycles. The zero-order valence-corrected chi connectivity index (χ0v) is 13.6. The van der Waals surface area contributed by atoms with Gasteiger partial charge in [-0.1, -0.05) is 36.4 Å². The van der Waals surface area contributed by atoms with Crippen LogP contribution in [0.2, 0.25) is 0 Å². The lowest BCUT2D eigenvalue weighted by Gasteiger charge is -2.07. The van der Waals surface area contributed by atoms with Gasteiger partial charge in [0.25, 0.3) is 5.91 Å². The third-order valence-corrected chi connectivity index (χ3v) is 3.89. The van der Waals surface area contributed by atoms with E-state index in [9.17, 15) is 9.90 Å². The summed E-state index contributed by atoms with van der Waals surface area (Å²) in [6.45, 7) is 3.93. The van der Waals surface area contributed by atoms with Crippen LogP contribution in [0.4, 0.5) is 5.69 Å². The summed E-state index contributed by atoms with van der Waals surface area (Å²) in [7, 11) is 0. The summed E-state index contributed by atoms with van der Waals surface area (Å²) >= 11 is 0. The van der Waals surface area contributed by atoms with Gasteiger partial charge in [0.1, 0.15) is 5.75 Å². The first-order chi connectivity index (χ1) is 12.2. The summed E-state index contributed by atoms with van der Waals surface area (Å²) in [5.74, 6) is 0.102. The molecule has 4 nitrogen and oxygen atoms in total. The maximum atomic E-state index is 12.3. The quantitative estimate of drug-likeness (QED) is 0.684. The summed E-state index contributed by atoms with van der Waals surface area (Å²) in [5.41, 5.74) is 4.32. The number of nitrogens with zero attached hydrogens (tertiary/aromatic N) is 1. The summed E-state index contributed by atoms with van der Waals surface area (Å²) in [4.78, 5) is 16.2. The zero-order valence-electron chi connectivity index (χ0n) is 13.6. The van der Waals surface area contributed by atoms with Crippen LogP contribution in [0, 0.1) is 0 Å². The largest absolute Gasteiger partial charge is 0.508 e. The van der Waals surface area contributed by atoms with E-state index in [2.05, 4.69) is 17.0 Å². The molecule has 0 aromatic heterocycles. The van der Waals surface area contributed by atoms with Gasteiger partial charge in [-0.2, -0.15) is 0 Å². The average Bonchev–Trinajstić information content (AvgIpc) is 2.67. The maximum Gasteiger partial charge on any atom is 0.251 e. The Morgan fingerprint density at radius 3 is 2.24 bits per heavy atom. The normalized spacial score (nSPS) is 10.2. The number of phenolic OH excluding ortho intramolecular Hbond substituents is 1. The lowest BCUT2D eigenvalue weighted by molar-refractivity contribution is 0.0951. The molecule has 0 fully saturated rings. The van der Waals surface area contributed by atoms with Gasteiger partial charge in [-0.15, -0.1) is 0 Å². The Labute approximate surface area is 146 Å². The van der Waals surface area contributed by atoms with E-state index in [-0.39, 0.29) is 11.7 Å². The molecule has 0 atom stereocenters. The summed E-state index contributed by atoms with van der Waals surface area (Å²) < 4.78 is 0. The molecule has 3 rings (SSSR count). The van der Waals surface area contributed by atoms with E-state index in [0.717, 1.165) is 22.4 Å². The van der Waals surface area contributed by atoms with E-state index in [4.69, 9.17) is 0 Å². The molecule has 0 radical (unpaired) electrons. The van der Waals surface area contributed by atoms with Crippen LogP contribution in [0.3, 0.4) is 0 Å². The van der Waals surface area contributed by atoms with Crippen molar-refractivity contribution in [1.82, 2.24) is 5.32 Å². The topological polar surface area (TPSA) is 61.7 Å². The van der Waals surface area contributed by atoms with Crippen molar-refractivity contribution in [3.8, 4) is 16.9 Å². The molecule has 1 amide bonds. The number of benzene rings is 3. The molecule has 0 bridgehead atoms. The maximum absolute atomic E-state index is 12.3. The first kappa shape index (κ1) is 16.5. The minimum Gasteiger partial charge on any atom is -0.508 e. The molecule has 0 aliphatic rings. The molecule has 2 N–H and O–H groups in total. The standard InChI is InChI=1S/C21H18N2O2/c1-22-19-4-2-3-15(13-19)14-23-21(25)18-7-5-16(6-8-18)17-9-11-20(24)12-10-17/h2-13,24H,1,14H2,(H,23,25). The Balaban J connectivity index is 1.66. The SMILES string of the molecule is C=Nc1cccc(CNC(=O)c2ccc(-c3ccc(O)cc3)cc2)c1. The number of nitrogens with one attached hydrogen (secondary N) is 1. The number of hydrogen-bond acceptors (Lipinski definition) is 3. The molecule has 0 heterocycles. The first-order valence-electron chi connectivity index (χ1n) is 7.89. The molecule has 124 valence electrons. The van der Waals surface area contributed by atoms with Crippen molar-refractivity contribution in [2.24, 2.45) is 4.99 Å². The predicted molar refractivity (Wildman–Crippen MR) is 100 cm³/mol. The first-order valence-corrected chi connectivity index (χ1v) is 7.89. The Hall–Kier alpha value is -3.40. The van der Waals surface area contributed by atoms with Gasteiger partial charge in [-0.25, -0.2) is 0 Å². The third kappa shape index (κ3) is 4.12. The Morgan fingerprint density at radius 2 is 1.60 bits per heavy atom. The van der Waals surface area contributed by atoms with Gasteiger partial charge in [0, 0.05) is 12.1 Å². The number of phenols is 1. The molecule has 0 spiro atoms. The van der Waals surface area contributed by atoms with Gasteiger partial charge in [0.05, 0.1) is 5.69 Å². The third-order valence-electron chi connectivity index (χ3n) is 3.89. The van der Waals surface area contributed by atoms with Crippen LogP contribution in [0.15, 0.2) is 77.8 Å². The van der Waals surface area contributed by atoms with Crippen LogP contribution < -0.4 is 5.32 Å². The fraction of sp³-hybridized carbons (Fsp3) is 0.0476. The van der Waals surface area contributed by atoms with Gasteiger partial charge in [0.2, 0.25) is 0 Å². The highest BCUT2D eigenvalue weighted by Gasteiger charge is 2.06. The number of hydrogen-bond donors (Lipinski definition) is 2. The van der Waals surface area contributed by atoms with Crippen molar-refractivity contribution < 1.29 is 9.90 Å². The van der Waals surface area contributed by atoms with E-state index >= 15 is 0 Å². The van der Waals surface area contributed by atoms with Crippen molar-refractivity contribution in [3.05, 3.63) is 83.9 Å². The highest BCUT2D eigenvalue weighted by atomic mass is 16.3. The number of aliphatic imine (C=N–C) groups is 1. The molecule has 0 aliphatic heterocycles. The van der Waals surface area contributed by atoms with Crippen LogP contribution >= 0.6 is 0 Å². The molecule has 3 aromatic rings. The van der Waals surface area contributed by atoms with Gasteiger partial charge in [-0.3, -0.25) is 9.79 Å². The van der Waals surface area contributed by atoms with Crippen molar-refractivity contribution in [3.63, 3.8) is 0 Å². The minimum atomic E-state index is -0.130. The Kier molecular flexibility index (Phi) is 4.90. The minimum absolute atomic E-state index is 0.130. The van der Waals surface area contributed by atoms with Crippen molar-refractivity contribution in [1.29, 1.82) is 0 Å². The second-order valence-electron chi connectivity index (χ2n) is 5.63. The molecule has 4 heteroatoms. The van der Waals surface area contributed by atoms with E-state index in [1.165, 1.54) is 0 Å². The van der Waals surface area contributed by atoms with Crippen LogP contribution in [-0.2, 0) is 6.54 Å². The predicted octanol–water partition coefficient (Wildman–Crippen LogP) is 4.32. The smallest absolute Gasteiger partial charge is 0.251 e. The van der Waals surface area contributed by atoms with Gasteiger partial charge < -0.3 is 10.4 Å². The number of carbonyl (C=O) groups excluding carboxylic acids is 1. The van der Waals surface area contributed by atoms with E-state index < -0.39 is 0 Å². The summed E-state index contributed by atoms with van der Waals surface area (Å²) in [6, 6.07) is 21.9. The molecule has 0 unspecified atom stereocenters. The van der Waals surface area contributed by atoms with E-state index in [0.29, 0.717) is 12.1 Å². The molecular formula is C21H18N2O2. The van der Waals surface area contributed by atoms with Crippen LogP contribution in [-0.4, -0.2) is 17.7 Å². The molecular weight excluding hydrogens is 312 g/mol. The summed E-state index contributed by atoms with van der Waals surface area (Å²) in [6.07, 6.45) is 0. The second-order valence-corrected chi connectivity index (χ2v) is 5.63. The van der Waals surface area contributed by atoms with Crippen LogP contribution in [0.25, 0.3) is 11.1 Å².